The Labute approximate surface area is 141 Å². The van der Waals surface area contributed by atoms with Gasteiger partial charge in [-0.05, 0) is 25.0 Å². The molecule has 0 heterocycles. The largest absolute Gasteiger partial charge is 0.480 e. The van der Waals surface area contributed by atoms with Crippen LogP contribution in [0.15, 0.2) is 29.2 Å². The summed E-state index contributed by atoms with van der Waals surface area (Å²) in [5, 5.41) is -1.55. The highest BCUT2D eigenvalue weighted by molar-refractivity contribution is 8.01. The van der Waals surface area contributed by atoms with Crippen LogP contribution >= 0.6 is 0 Å². The lowest BCUT2D eigenvalue weighted by atomic mass is 10.1. The van der Waals surface area contributed by atoms with Crippen LogP contribution in [0.5, 0.6) is 5.75 Å². The standard InChI is InChI=1S/C14H20O8S2/c1-2-3-4-5-9-12(14(15)24(19,20)21)22-11-8-6-7-10-13(11)23(16,17)18/h6-8,10,12H,2-5,9H2,1H3,(H,16,17,18)(H,19,20,21). The predicted octanol–water partition coefficient (Wildman–Crippen LogP) is 2.07. The first-order chi connectivity index (χ1) is 11.1. The molecule has 0 saturated heterocycles. The lowest BCUT2D eigenvalue weighted by Crippen LogP contribution is -2.33. The molecule has 1 aromatic rings. The fourth-order valence-corrected chi connectivity index (χ4v) is 3.18. The van der Waals surface area contributed by atoms with Crippen LogP contribution in [0.3, 0.4) is 0 Å². The molecule has 10 heteroatoms. The molecule has 1 atom stereocenters. The second kappa shape index (κ2) is 8.56. The van der Waals surface area contributed by atoms with Crippen LogP contribution < -0.4 is 4.74 Å². The van der Waals surface area contributed by atoms with Crippen molar-refractivity contribution in [3.05, 3.63) is 24.3 Å². The summed E-state index contributed by atoms with van der Waals surface area (Å²) in [4.78, 5) is 11.2. The second-order valence-corrected chi connectivity index (χ2v) is 7.91. The molecule has 2 N–H and O–H groups in total. The van der Waals surface area contributed by atoms with E-state index in [1.54, 1.807) is 0 Å². The van der Waals surface area contributed by atoms with E-state index in [1.165, 1.54) is 18.2 Å². The maximum Gasteiger partial charge on any atom is 0.332 e. The minimum absolute atomic E-state index is 0.0154. The molecule has 0 amide bonds. The zero-order valence-electron chi connectivity index (χ0n) is 13.1. The first-order valence-electron chi connectivity index (χ1n) is 7.32. The van der Waals surface area contributed by atoms with Crippen molar-refractivity contribution in [1.82, 2.24) is 0 Å². The Balaban J connectivity index is 3.07. The van der Waals surface area contributed by atoms with Crippen molar-refractivity contribution in [2.45, 2.75) is 50.0 Å². The molecule has 0 spiro atoms. The number of unbranched alkanes of at least 4 members (excludes halogenated alkanes) is 3. The topological polar surface area (TPSA) is 135 Å². The number of rotatable bonds is 9. The molecule has 0 bridgehead atoms. The van der Waals surface area contributed by atoms with Crippen molar-refractivity contribution < 1.29 is 35.5 Å². The van der Waals surface area contributed by atoms with Gasteiger partial charge in [-0.2, -0.15) is 16.8 Å². The van der Waals surface area contributed by atoms with E-state index in [2.05, 4.69) is 0 Å². The minimum Gasteiger partial charge on any atom is -0.480 e. The molecule has 1 unspecified atom stereocenters. The summed E-state index contributed by atoms with van der Waals surface area (Å²) in [6.07, 6.45) is 1.37. The van der Waals surface area contributed by atoms with Gasteiger partial charge in [-0.3, -0.25) is 13.9 Å². The number of carbonyl (C=O) groups excluding carboxylic acids is 1. The van der Waals surface area contributed by atoms with E-state index < -0.39 is 36.4 Å². The van der Waals surface area contributed by atoms with Gasteiger partial charge in [-0.15, -0.1) is 0 Å². The quantitative estimate of drug-likeness (QED) is 0.491. The van der Waals surface area contributed by atoms with Crippen LogP contribution in [0, 0.1) is 0 Å². The van der Waals surface area contributed by atoms with Gasteiger partial charge in [0.1, 0.15) is 10.6 Å². The fourth-order valence-electron chi connectivity index (χ4n) is 2.06. The van der Waals surface area contributed by atoms with E-state index in [4.69, 9.17) is 13.8 Å². The third-order valence-electron chi connectivity index (χ3n) is 3.23. The Morgan fingerprint density at radius 3 is 2.25 bits per heavy atom. The van der Waals surface area contributed by atoms with Crippen molar-refractivity contribution in [3.63, 3.8) is 0 Å². The average molecular weight is 380 g/mol. The van der Waals surface area contributed by atoms with Crippen LogP contribution in [-0.4, -0.2) is 37.2 Å². The average Bonchev–Trinajstić information content (AvgIpc) is 2.48. The van der Waals surface area contributed by atoms with Crippen LogP contribution in [0.25, 0.3) is 0 Å². The smallest absolute Gasteiger partial charge is 0.332 e. The SMILES string of the molecule is CCCCCCC(Oc1ccccc1S(=O)(=O)O)C(=O)S(=O)(=O)O. The Kier molecular flexibility index (Phi) is 7.33. The van der Waals surface area contributed by atoms with Crippen LogP contribution in [-0.2, 0) is 25.0 Å². The van der Waals surface area contributed by atoms with Gasteiger partial charge < -0.3 is 4.74 Å². The van der Waals surface area contributed by atoms with Gasteiger partial charge >= 0.3 is 15.2 Å². The molecule has 8 nitrogen and oxygen atoms in total. The summed E-state index contributed by atoms with van der Waals surface area (Å²) in [7, 11) is -9.61. The molecule has 0 aliphatic heterocycles. The Bertz CT molecular complexity index is 768. The van der Waals surface area contributed by atoms with E-state index in [1.807, 2.05) is 6.92 Å². The van der Waals surface area contributed by atoms with Crippen LogP contribution in [0.2, 0.25) is 0 Å². The molecule has 0 aliphatic carbocycles. The third kappa shape index (κ3) is 6.19. The Morgan fingerprint density at radius 2 is 1.71 bits per heavy atom. The zero-order valence-corrected chi connectivity index (χ0v) is 14.7. The van der Waals surface area contributed by atoms with Crippen molar-refractivity contribution in [2.24, 2.45) is 0 Å². The number of ether oxygens (including phenoxy) is 1. The van der Waals surface area contributed by atoms with Crippen molar-refractivity contribution in [3.8, 4) is 5.75 Å². The maximum atomic E-state index is 11.8. The van der Waals surface area contributed by atoms with Crippen molar-refractivity contribution >= 4 is 25.4 Å². The lowest BCUT2D eigenvalue weighted by molar-refractivity contribution is -0.118. The highest BCUT2D eigenvalue weighted by Gasteiger charge is 2.32. The normalized spacial score (nSPS) is 13.5. The molecule has 0 aromatic heterocycles. The molecule has 0 fully saturated rings. The molecular weight excluding hydrogens is 360 g/mol. The van der Waals surface area contributed by atoms with Gasteiger partial charge in [0.25, 0.3) is 10.1 Å². The molecule has 0 aliphatic rings. The van der Waals surface area contributed by atoms with Gasteiger partial charge in [0.05, 0.1) is 0 Å². The highest BCUT2D eigenvalue weighted by Crippen LogP contribution is 2.26. The molecule has 24 heavy (non-hydrogen) atoms. The summed E-state index contributed by atoms with van der Waals surface area (Å²) in [6, 6.07) is 4.96. The molecular formula is C14H20O8S2. The van der Waals surface area contributed by atoms with Crippen LogP contribution in [0.4, 0.5) is 0 Å². The predicted molar refractivity (Wildman–Crippen MR) is 86.0 cm³/mol. The van der Waals surface area contributed by atoms with Gasteiger partial charge in [-0.25, -0.2) is 0 Å². The monoisotopic (exact) mass is 380 g/mol. The fraction of sp³-hybridized carbons (Fsp3) is 0.500. The second-order valence-electron chi connectivity index (χ2n) is 5.17. The first kappa shape index (κ1) is 20.6. The van der Waals surface area contributed by atoms with E-state index in [-0.39, 0.29) is 12.2 Å². The van der Waals surface area contributed by atoms with Gasteiger partial charge in [0.15, 0.2) is 6.10 Å². The maximum absolute atomic E-state index is 11.8. The van der Waals surface area contributed by atoms with E-state index in [0.717, 1.165) is 25.3 Å². The minimum atomic E-state index is -4.99. The van der Waals surface area contributed by atoms with E-state index in [0.29, 0.717) is 6.42 Å². The number of para-hydroxylation sites is 1. The summed E-state index contributed by atoms with van der Waals surface area (Å²) in [6.45, 7) is 1.97. The molecule has 1 aromatic carbocycles. The number of hydrogen-bond donors (Lipinski definition) is 2. The number of carbonyl (C=O) groups is 1. The summed E-state index contributed by atoms with van der Waals surface area (Å²) in [5.41, 5.74) is 0. The Hall–Kier alpha value is -1.49. The highest BCUT2D eigenvalue weighted by atomic mass is 32.2. The first-order valence-corrected chi connectivity index (χ1v) is 10.2. The summed E-state index contributed by atoms with van der Waals surface area (Å²) in [5.74, 6) is -0.363. The third-order valence-corrected chi connectivity index (χ3v) is 4.90. The van der Waals surface area contributed by atoms with Crippen LogP contribution in [0.1, 0.15) is 39.0 Å². The summed E-state index contributed by atoms with van der Waals surface area (Å²) >= 11 is 0. The molecule has 0 radical (unpaired) electrons. The number of hydrogen-bond acceptors (Lipinski definition) is 6. The van der Waals surface area contributed by atoms with Gasteiger partial charge in [-0.1, -0.05) is 38.3 Å². The van der Waals surface area contributed by atoms with Gasteiger partial charge in [0, 0.05) is 0 Å². The van der Waals surface area contributed by atoms with Crippen molar-refractivity contribution in [1.29, 1.82) is 0 Å². The van der Waals surface area contributed by atoms with Crippen molar-refractivity contribution in [2.75, 3.05) is 0 Å². The Morgan fingerprint density at radius 1 is 1.08 bits per heavy atom. The number of benzene rings is 1. The molecule has 1 rings (SSSR count). The zero-order chi connectivity index (χ0) is 18.4. The van der Waals surface area contributed by atoms with Gasteiger partial charge in [0.2, 0.25) is 0 Å². The summed E-state index contributed by atoms with van der Waals surface area (Å²) < 4.78 is 68.2. The lowest BCUT2D eigenvalue weighted by Gasteiger charge is -2.18. The molecule has 0 saturated carbocycles. The molecule has 136 valence electrons. The van der Waals surface area contributed by atoms with E-state index in [9.17, 15) is 21.6 Å². The van der Waals surface area contributed by atoms with E-state index >= 15 is 0 Å².